The van der Waals surface area contributed by atoms with Crippen LogP contribution >= 0.6 is 7.82 Å². The molecule has 0 bridgehead atoms. The third-order valence-electron chi connectivity index (χ3n) is 0.629. The fourth-order valence-corrected chi connectivity index (χ4v) is 0.873. The van der Waals surface area contributed by atoms with Crippen LogP contribution in [0.5, 0.6) is 0 Å². The van der Waals surface area contributed by atoms with Gasteiger partial charge < -0.3 is 9.05 Å². The van der Waals surface area contributed by atoms with Crippen LogP contribution in [0.2, 0.25) is 0 Å². The van der Waals surface area contributed by atoms with E-state index in [9.17, 15) is 4.57 Å². The van der Waals surface area contributed by atoms with Crippen LogP contribution in [0.4, 0.5) is 0 Å². The Labute approximate surface area is 65.8 Å². The van der Waals surface area contributed by atoms with E-state index < -0.39 is 7.82 Å². The van der Waals surface area contributed by atoms with Crippen LogP contribution in [0.3, 0.4) is 0 Å². The van der Waals surface area contributed by atoms with E-state index in [4.69, 9.17) is 4.89 Å². The van der Waals surface area contributed by atoms with Crippen molar-refractivity contribution in [2.24, 2.45) is 0 Å². The normalized spacial score (nSPS) is 14.5. The summed E-state index contributed by atoms with van der Waals surface area (Å²) in [4.78, 5) is 8.76. The molecule has 0 saturated heterocycles. The highest BCUT2D eigenvalue weighted by atomic mass is 31.2. The number of phosphoric ester groups is 1. The minimum atomic E-state index is -3.94. The minimum Gasteiger partial charge on any atom is -0.404 e. The summed E-state index contributed by atoms with van der Waals surface area (Å²) in [5.41, 5.74) is 0.770. The predicted molar refractivity (Wildman–Crippen MR) is 41.6 cm³/mol. The van der Waals surface area contributed by atoms with E-state index in [-0.39, 0.29) is 0 Å². The maximum absolute atomic E-state index is 10.7. The van der Waals surface area contributed by atoms with Crippen LogP contribution in [-0.2, 0) is 13.6 Å². The molecule has 0 aliphatic carbocycles. The molecule has 0 aromatic carbocycles. The standard InChI is InChI=1S/C6H11O4P/c1-4-9-11(7,8)10-5-6(2)3/h4-5H,1H2,2-3H3,(H,7,8). The van der Waals surface area contributed by atoms with E-state index in [1.54, 1.807) is 13.8 Å². The first-order chi connectivity index (χ1) is 4.98. The van der Waals surface area contributed by atoms with E-state index in [0.717, 1.165) is 18.1 Å². The molecule has 4 nitrogen and oxygen atoms in total. The summed E-state index contributed by atoms with van der Waals surface area (Å²) in [5.74, 6) is 0. The summed E-state index contributed by atoms with van der Waals surface area (Å²) in [6.07, 6.45) is 2.02. The molecule has 1 N–H and O–H groups in total. The van der Waals surface area contributed by atoms with Gasteiger partial charge in [0.05, 0.1) is 12.5 Å². The molecule has 0 saturated carbocycles. The first kappa shape index (κ1) is 10.3. The second-order valence-electron chi connectivity index (χ2n) is 2.04. The molecule has 11 heavy (non-hydrogen) atoms. The Morgan fingerprint density at radius 1 is 1.55 bits per heavy atom. The summed E-state index contributed by atoms with van der Waals surface area (Å²) >= 11 is 0. The Morgan fingerprint density at radius 2 is 2.09 bits per heavy atom. The summed E-state index contributed by atoms with van der Waals surface area (Å²) in [6, 6.07) is 0. The first-order valence-electron chi connectivity index (χ1n) is 2.92. The number of allylic oxidation sites excluding steroid dienone is 1. The average molecular weight is 178 g/mol. The van der Waals surface area contributed by atoms with Crippen molar-refractivity contribution >= 4 is 7.82 Å². The van der Waals surface area contributed by atoms with Crippen LogP contribution in [0, 0.1) is 0 Å². The van der Waals surface area contributed by atoms with Crippen LogP contribution in [0.15, 0.2) is 24.7 Å². The highest BCUT2D eigenvalue weighted by Crippen LogP contribution is 2.43. The second-order valence-corrected chi connectivity index (χ2v) is 3.40. The smallest absolute Gasteiger partial charge is 0.404 e. The zero-order valence-electron chi connectivity index (χ0n) is 6.48. The van der Waals surface area contributed by atoms with Gasteiger partial charge in [-0.15, -0.1) is 0 Å². The van der Waals surface area contributed by atoms with Crippen LogP contribution in [0.1, 0.15) is 13.8 Å². The zero-order chi connectivity index (χ0) is 8.91. The van der Waals surface area contributed by atoms with Crippen molar-refractivity contribution in [2.45, 2.75) is 13.8 Å². The van der Waals surface area contributed by atoms with Crippen molar-refractivity contribution in [2.75, 3.05) is 0 Å². The molecule has 0 fully saturated rings. The molecule has 5 heteroatoms. The quantitative estimate of drug-likeness (QED) is 0.529. The van der Waals surface area contributed by atoms with Gasteiger partial charge in [0.15, 0.2) is 0 Å². The van der Waals surface area contributed by atoms with Crippen molar-refractivity contribution in [1.82, 2.24) is 0 Å². The highest BCUT2D eigenvalue weighted by Gasteiger charge is 2.19. The molecule has 0 spiro atoms. The molecule has 1 atom stereocenters. The van der Waals surface area contributed by atoms with Crippen molar-refractivity contribution in [1.29, 1.82) is 0 Å². The molecule has 64 valence electrons. The van der Waals surface area contributed by atoms with E-state index in [0.29, 0.717) is 0 Å². The van der Waals surface area contributed by atoms with Gasteiger partial charge in [-0.2, -0.15) is 0 Å². The minimum absolute atomic E-state index is 0.770. The molecule has 0 rings (SSSR count). The fraction of sp³-hybridized carbons (Fsp3) is 0.333. The summed E-state index contributed by atoms with van der Waals surface area (Å²) < 4.78 is 19.3. The summed E-state index contributed by atoms with van der Waals surface area (Å²) in [6.45, 7) is 6.58. The molecule has 0 aromatic rings. The molecule has 0 aliphatic rings. The lowest BCUT2D eigenvalue weighted by atomic mass is 10.4. The molecule has 0 aliphatic heterocycles. The van der Waals surface area contributed by atoms with Gasteiger partial charge in [-0.1, -0.05) is 6.58 Å². The van der Waals surface area contributed by atoms with Crippen molar-refractivity contribution in [3.63, 3.8) is 0 Å². The third kappa shape index (κ3) is 5.70. The van der Waals surface area contributed by atoms with Gasteiger partial charge in [0.1, 0.15) is 0 Å². The highest BCUT2D eigenvalue weighted by molar-refractivity contribution is 7.47. The summed E-state index contributed by atoms with van der Waals surface area (Å²) in [5, 5.41) is 0. The average Bonchev–Trinajstić information content (AvgIpc) is 1.84. The monoisotopic (exact) mass is 178 g/mol. The van der Waals surface area contributed by atoms with E-state index in [1.165, 1.54) is 0 Å². The van der Waals surface area contributed by atoms with Crippen LogP contribution in [-0.4, -0.2) is 4.89 Å². The number of hydrogen-bond acceptors (Lipinski definition) is 3. The van der Waals surface area contributed by atoms with Gasteiger partial charge in [0, 0.05) is 0 Å². The lowest BCUT2D eigenvalue weighted by Gasteiger charge is -2.06. The lowest BCUT2D eigenvalue weighted by molar-refractivity contribution is 0.243. The molecule has 1 unspecified atom stereocenters. The third-order valence-corrected chi connectivity index (χ3v) is 1.42. The van der Waals surface area contributed by atoms with Crippen molar-refractivity contribution in [3.05, 3.63) is 24.7 Å². The Hall–Kier alpha value is -0.730. The lowest BCUT2D eigenvalue weighted by Crippen LogP contribution is -1.83. The summed E-state index contributed by atoms with van der Waals surface area (Å²) in [7, 11) is -3.94. The Kier molecular flexibility index (Phi) is 3.93. The van der Waals surface area contributed by atoms with Crippen LogP contribution in [0.25, 0.3) is 0 Å². The number of phosphoric acid groups is 1. The number of hydrogen-bond donors (Lipinski definition) is 1. The second kappa shape index (κ2) is 4.21. The molecule has 0 radical (unpaired) electrons. The molecular weight excluding hydrogens is 167 g/mol. The van der Waals surface area contributed by atoms with E-state index in [2.05, 4.69) is 15.6 Å². The molecule has 0 aromatic heterocycles. The van der Waals surface area contributed by atoms with Crippen LogP contribution < -0.4 is 0 Å². The molecular formula is C6H11O4P. The zero-order valence-corrected chi connectivity index (χ0v) is 7.38. The Morgan fingerprint density at radius 3 is 2.45 bits per heavy atom. The Bertz CT molecular complexity index is 205. The van der Waals surface area contributed by atoms with Gasteiger partial charge in [-0.3, -0.25) is 4.89 Å². The molecule has 0 amide bonds. The molecule has 0 heterocycles. The SMILES string of the molecule is C=COP(=O)(O)OC=C(C)C. The van der Waals surface area contributed by atoms with Gasteiger partial charge in [0.2, 0.25) is 0 Å². The first-order valence-corrected chi connectivity index (χ1v) is 4.41. The van der Waals surface area contributed by atoms with Gasteiger partial charge in [0.25, 0.3) is 0 Å². The fourth-order valence-electron chi connectivity index (χ4n) is 0.291. The van der Waals surface area contributed by atoms with Crippen molar-refractivity contribution < 1.29 is 18.5 Å². The Balaban J connectivity index is 4.02. The maximum atomic E-state index is 10.7. The van der Waals surface area contributed by atoms with Gasteiger partial charge in [-0.25, -0.2) is 4.57 Å². The van der Waals surface area contributed by atoms with Gasteiger partial charge in [-0.05, 0) is 19.4 Å². The topological polar surface area (TPSA) is 55.8 Å². The van der Waals surface area contributed by atoms with E-state index >= 15 is 0 Å². The largest absolute Gasteiger partial charge is 0.583 e. The van der Waals surface area contributed by atoms with Gasteiger partial charge >= 0.3 is 7.82 Å². The number of rotatable bonds is 4. The van der Waals surface area contributed by atoms with E-state index in [1.807, 2.05) is 0 Å². The van der Waals surface area contributed by atoms with Crippen molar-refractivity contribution in [3.8, 4) is 0 Å². The maximum Gasteiger partial charge on any atom is 0.583 e. The predicted octanol–water partition coefficient (Wildman–Crippen LogP) is 2.19.